The number of rotatable bonds is 5. The fourth-order valence-corrected chi connectivity index (χ4v) is 2.27. The van der Waals surface area contributed by atoms with Crippen LogP contribution in [-0.2, 0) is 0 Å². The third-order valence-electron chi connectivity index (χ3n) is 2.84. The summed E-state index contributed by atoms with van der Waals surface area (Å²) in [5.41, 5.74) is 9.11. The second kappa shape index (κ2) is 9.52. The number of hydrazine groups is 1. The molecular weight excluding hydrogens is 300 g/mol. The first-order chi connectivity index (χ1) is 10.0. The largest absolute Gasteiger partial charge is 0.361 e. The minimum absolute atomic E-state index is 0.484. The van der Waals surface area contributed by atoms with Crippen molar-refractivity contribution in [3.05, 3.63) is 29.3 Å². The molecule has 21 heavy (non-hydrogen) atoms. The van der Waals surface area contributed by atoms with E-state index in [-0.39, 0.29) is 0 Å². The van der Waals surface area contributed by atoms with Crippen LogP contribution in [0.25, 0.3) is 0 Å². The van der Waals surface area contributed by atoms with Gasteiger partial charge < -0.3 is 10.6 Å². The lowest BCUT2D eigenvalue weighted by Gasteiger charge is -2.14. The molecule has 0 saturated heterocycles. The first-order valence-electron chi connectivity index (χ1n) is 7.20. The van der Waals surface area contributed by atoms with Gasteiger partial charge in [-0.05, 0) is 68.0 Å². The van der Waals surface area contributed by atoms with Crippen molar-refractivity contribution in [1.82, 2.24) is 16.2 Å². The minimum atomic E-state index is 0.484. The number of hydrogen-bond donors (Lipinski definition) is 4. The molecule has 1 rings (SSSR count). The Bertz CT molecular complexity index is 468. The quantitative estimate of drug-likeness (QED) is 0.379. The summed E-state index contributed by atoms with van der Waals surface area (Å²) in [5.74, 6) is 0. The summed E-state index contributed by atoms with van der Waals surface area (Å²) in [6, 6.07) is 6.21. The fourth-order valence-electron chi connectivity index (χ4n) is 1.94. The maximum absolute atomic E-state index is 5.22. The maximum Gasteiger partial charge on any atom is 0.189 e. The highest BCUT2D eigenvalue weighted by atomic mass is 32.1. The standard InChI is InChI=1S/C15H24N4S2/c1-4-5-6-7-16-14(20)18-19-15(21)17-13-9-11(2)8-12(3)10-13/h8-10H,4-7H2,1-3H3,(H2,16,18,20)(H2,17,19,21). The van der Waals surface area contributed by atoms with Crippen LogP contribution < -0.4 is 21.5 Å². The van der Waals surface area contributed by atoms with E-state index in [1.807, 2.05) is 12.1 Å². The van der Waals surface area contributed by atoms with Gasteiger partial charge in [-0.15, -0.1) is 0 Å². The molecule has 0 spiro atoms. The number of nitrogens with one attached hydrogen (secondary N) is 4. The molecule has 0 bridgehead atoms. The van der Waals surface area contributed by atoms with Crippen LogP contribution >= 0.6 is 24.4 Å². The van der Waals surface area contributed by atoms with Crippen molar-refractivity contribution in [3.8, 4) is 0 Å². The van der Waals surface area contributed by atoms with Crippen LogP contribution in [0.2, 0.25) is 0 Å². The van der Waals surface area contributed by atoms with Crippen LogP contribution in [0.5, 0.6) is 0 Å². The van der Waals surface area contributed by atoms with E-state index in [1.165, 1.54) is 24.0 Å². The summed E-state index contributed by atoms with van der Waals surface area (Å²) in [6.45, 7) is 7.17. The Morgan fingerprint density at radius 2 is 1.57 bits per heavy atom. The Labute approximate surface area is 138 Å². The molecule has 4 N–H and O–H groups in total. The zero-order valence-electron chi connectivity index (χ0n) is 12.9. The summed E-state index contributed by atoms with van der Waals surface area (Å²) in [4.78, 5) is 0. The van der Waals surface area contributed by atoms with Gasteiger partial charge in [0.25, 0.3) is 0 Å². The summed E-state index contributed by atoms with van der Waals surface area (Å²) >= 11 is 10.4. The first kappa shape index (κ1) is 17.7. The number of thiocarbonyl (C=S) groups is 2. The Morgan fingerprint density at radius 3 is 2.19 bits per heavy atom. The van der Waals surface area contributed by atoms with Crippen molar-refractivity contribution < 1.29 is 0 Å². The van der Waals surface area contributed by atoms with Crippen molar-refractivity contribution in [1.29, 1.82) is 0 Å². The van der Waals surface area contributed by atoms with E-state index in [0.717, 1.165) is 18.7 Å². The van der Waals surface area contributed by atoms with E-state index >= 15 is 0 Å². The van der Waals surface area contributed by atoms with Gasteiger partial charge in [0.15, 0.2) is 10.2 Å². The van der Waals surface area contributed by atoms with Crippen molar-refractivity contribution >= 4 is 40.3 Å². The molecule has 116 valence electrons. The Balaban J connectivity index is 2.29. The molecule has 0 aliphatic rings. The molecule has 0 fully saturated rings. The molecule has 0 atom stereocenters. The fraction of sp³-hybridized carbons (Fsp3) is 0.467. The third-order valence-corrected chi connectivity index (χ3v) is 3.29. The molecular formula is C15H24N4S2. The number of unbranched alkanes of at least 4 members (excludes halogenated alkanes) is 2. The lowest BCUT2D eigenvalue weighted by atomic mass is 10.1. The lowest BCUT2D eigenvalue weighted by Crippen LogP contribution is -2.48. The van der Waals surface area contributed by atoms with Crippen LogP contribution in [0.15, 0.2) is 18.2 Å². The summed E-state index contributed by atoms with van der Waals surface area (Å²) < 4.78 is 0. The minimum Gasteiger partial charge on any atom is -0.361 e. The second-order valence-corrected chi connectivity index (χ2v) is 5.86. The predicted octanol–water partition coefficient (Wildman–Crippen LogP) is 3.16. The van der Waals surface area contributed by atoms with Crippen LogP contribution in [0.4, 0.5) is 5.69 Å². The van der Waals surface area contributed by atoms with Crippen molar-refractivity contribution in [2.24, 2.45) is 0 Å². The van der Waals surface area contributed by atoms with Gasteiger partial charge in [-0.1, -0.05) is 25.8 Å². The first-order valence-corrected chi connectivity index (χ1v) is 8.02. The summed E-state index contributed by atoms with van der Waals surface area (Å²) in [5, 5.41) is 7.29. The van der Waals surface area contributed by atoms with Crippen molar-refractivity contribution in [3.63, 3.8) is 0 Å². The summed E-state index contributed by atoms with van der Waals surface area (Å²) in [7, 11) is 0. The molecule has 1 aromatic carbocycles. The van der Waals surface area contributed by atoms with Crippen LogP contribution in [-0.4, -0.2) is 16.8 Å². The molecule has 0 heterocycles. The second-order valence-electron chi connectivity index (χ2n) is 5.04. The molecule has 0 aromatic heterocycles. The van der Waals surface area contributed by atoms with Gasteiger partial charge in [-0.3, -0.25) is 10.9 Å². The highest BCUT2D eigenvalue weighted by Crippen LogP contribution is 2.13. The number of hydrogen-bond acceptors (Lipinski definition) is 2. The Hall–Kier alpha value is -1.40. The van der Waals surface area contributed by atoms with Crippen LogP contribution in [0, 0.1) is 13.8 Å². The Kier molecular flexibility index (Phi) is 8.00. The van der Waals surface area contributed by atoms with Gasteiger partial charge in [0.1, 0.15) is 0 Å². The van der Waals surface area contributed by atoms with E-state index in [2.05, 4.69) is 48.3 Å². The molecule has 0 aliphatic carbocycles. The molecule has 1 aromatic rings. The zero-order chi connectivity index (χ0) is 15.7. The van der Waals surface area contributed by atoms with Gasteiger partial charge in [0.2, 0.25) is 0 Å². The molecule has 4 nitrogen and oxygen atoms in total. The van der Waals surface area contributed by atoms with Gasteiger partial charge in [0, 0.05) is 12.2 Å². The molecule has 6 heteroatoms. The van der Waals surface area contributed by atoms with Gasteiger partial charge in [-0.25, -0.2) is 0 Å². The third kappa shape index (κ3) is 7.82. The van der Waals surface area contributed by atoms with Crippen molar-refractivity contribution in [2.75, 3.05) is 11.9 Å². The van der Waals surface area contributed by atoms with E-state index in [4.69, 9.17) is 24.4 Å². The average Bonchev–Trinajstić information content (AvgIpc) is 2.40. The highest BCUT2D eigenvalue weighted by Gasteiger charge is 2.00. The molecule has 0 unspecified atom stereocenters. The predicted molar refractivity (Wildman–Crippen MR) is 98.5 cm³/mol. The smallest absolute Gasteiger partial charge is 0.189 e. The van der Waals surface area contributed by atoms with E-state index < -0.39 is 0 Å². The topological polar surface area (TPSA) is 48.1 Å². The number of anilines is 1. The average molecular weight is 325 g/mol. The van der Waals surface area contributed by atoms with Gasteiger partial charge in [-0.2, -0.15) is 0 Å². The van der Waals surface area contributed by atoms with Crippen LogP contribution in [0.3, 0.4) is 0 Å². The molecule has 0 radical (unpaired) electrons. The molecule has 0 saturated carbocycles. The lowest BCUT2D eigenvalue weighted by molar-refractivity contribution is 0.685. The van der Waals surface area contributed by atoms with E-state index in [1.54, 1.807) is 0 Å². The number of aryl methyl sites for hydroxylation is 2. The monoisotopic (exact) mass is 324 g/mol. The van der Waals surface area contributed by atoms with Crippen LogP contribution in [0.1, 0.15) is 37.3 Å². The van der Waals surface area contributed by atoms with E-state index in [0.29, 0.717) is 10.2 Å². The van der Waals surface area contributed by atoms with E-state index in [9.17, 15) is 0 Å². The van der Waals surface area contributed by atoms with Gasteiger partial charge >= 0.3 is 0 Å². The highest BCUT2D eigenvalue weighted by molar-refractivity contribution is 7.80. The normalized spacial score (nSPS) is 9.86. The summed E-state index contributed by atoms with van der Waals surface area (Å²) in [6.07, 6.45) is 3.52. The SMILES string of the molecule is CCCCCNC(=S)NNC(=S)Nc1cc(C)cc(C)c1. The van der Waals surface area contributed by atoms with Crippen molar-refractivity contribution in [2.45, 2.75) is 40.0 Å². The molecule has 0 aliphatic heterocycles. The zero-order valence-corrected chi connectivity index (χ0v) is 14.5. The maximum atomic E-state index is 5.22. The molecule has 0 amide bonds. The van der Waals surface area contributed by atoms with Gasteiger partial charge in [0.05, 0.1) is 0 Å². The number of benzene rings is 1. The Morgan fingerprint density at radius 1 is 0.952 bits per heavy atom.